The van der Waals surface area contributed by atoms with Crippen molar-refractivity contribution in [3.8, 4) is 0 Å². The zero-order chi connectivity index (χ0) is 27.3. The first-order chi connectivity index (χ1) is 17.4. The summed E-state index contributed by atoms with van der Waals surface area (Å²) in [7, 11) is 3.05. The molecule has 0 aromatic rings. The van der Waals surface area contributed by atoms with Gasteiger partial charge >= 0.3 is 0 Å². The highest BCUT2D eigenvalue weighted by molar-refractivity contribution is 5.42. The molecule has 9 nitrogen and oxygen atoms in total. The van der Waals surface area contributed by atoms with Gasteiger partial charge in [-0.2, -0.15) is 0 Å². The molecule has 1 saturated heterocycles. The van der Waals surface area contributed by atoms with E-state index in [1.165, 1.54) is 12.7 Å². The van der Waals surface area contributed by atoms with E-state index in [9.17, 15) is 25.5 Å². The summed E-state index contributed by atoms with van der Waals surface area (Å²) in [5, 5.41) is 55.2. The number of methoxy groups -OCH3 is 2. The predicted molar refractivity (Wildman–Crippen MR) is 135 cm³/mol. The molecule has 1 aliphatic heterocycles. The molecule has 5 N–H and O–H groups in total. The molecule has 0 aromatic heterocycles. The summed E-state index contributed by atoms with van der Waals surface area (Å²) in [5.41, 5.74) is 1.48. The zero-order valence-corrected chi connectivity index (χ0v) is 23.0. The van der Waals surface area contributed by atoms with Gasteiger partial charge in [-0.3, -0.25) is 0 Å². The maximum Gasteiger partial charge on any atom is 0.187 e. The Labute approximate surface area is 220 Å². The molecular weight excluding hydrogens is 480 g/mol. The lowest BCUT2D eigenvalue weighted by Gasteiger charge is -2.46. The first kappa shape index (κ1) is 29.1. The molecule has 4 rings (SSSR count). The standard InChI is InChI=1S/C28H46O9/c1-14(2)16-7-9-27(4)11-18-17(8-10-28(18,33)13-35-6)15(3)21(29)25(20(16)27)37-26-24(32)23(31)22(30)19(36-26)12-34-5/h11,14-15,17,19,21-26,29-33H,7-10,12-13H2,1-6H3/t15-,17+,19-,21-,22-,23+,24-,25-,26-,27-,28+/m1/s1. The number of hydrogen-bond acceptors (Lipinski definition) is 9. The van der Waals surface area contributed by atoms with E-state index >= 15 is 0 Å². The molecule has 1 heterocycles. The number of aliphatic hydroxyl groups is 5. The third-order valence-electron chi connectivity index (χ3n) is 9.28. The third kappa shape index (κ3) is 5.08. The van der Waals surface area contributed by atoms with Gasteiger partial charge in [0, 0.05) is 19.6 Å². The lowest BCUT2D eigenvalue weighted by atomic mass is 9.68. The molecule has 9 heteroatoms. The first-order valence-corrected chi connectivity index (χ1v) is 13.6. The van der Waals surface area contributed by atoms with Crippen LogP contribution in [0.15, 0.2) is 22.8 Å². The SMILES string of the molecule is COC[C@H]1O[C@H](O[C@@H]2C3=C(C(C)C)CC[C@]3(C)C=C3[C@@H](CC[C@]3(O)COC)[C@@H](C)[C@H]2O)[C@H](O)[C@@H](O)[C@@H]1O. The summed E-state index contributed by atoms with van der Waals surface area (Å²) in [6, 6.07) is 0. The van der Waals surface area contributed by atoms with Crippen molar-refractivity contribution in [2.75, 3.05) is 27.4 Å². The van der Waals surface area contributed by atoms with Gasteiger partial charge in [0.05, 0.1) is 19.3 Å². The molecule has 0 radical (unpaired) electrons. The van der Waals surface area contributed by atoms with E-state index in [4.69, 9.17) is 18.9 Å². The summed E-state index contributed by atoms with van der Waals surface area (Å²) in [6.07, 6.45) is -3.16. The van der Waals surface area contributed by atoms with Crippen molar-refractivity contribution in [3.63, 3.8) is 0 Å². The first-order valence-electron chi connectivity index (χ1n) is 13.6. The molecule has 0 amide bonds. The van der Waals surface area contributed by atoms with Gasteiger partial charge in [-0.05, 0) is 54.6 Å². The van der Waals surface area contributed by atoms with Crippen LogP contribution in [0.4, 0.5) is 0 Å². The van der Waals surface area contributed by atoms with Gasteiger partial charge in [-0.25, -0.2) is 0 Å². The Bertz CT molecular complexity index is 887. The lowest BCUT2D eigenvalue weighted by Crippen LogP contribution is -2.61. The van der Waals surface area contributed by atoms with Gasteiger partial charge in [-0.15, -0.1) is 0 Å². The second-order valence-corrected chi connectivity index (χ2v) is 12.1. The van der Waals surface area contributed by atoms with Crippen LogP contribution in [-0.4, -0.2) is 101 Å². The number of ether oxygens (including phenoxy) is 4. The van der Waals surface area contributed by atoms with Crippen LogP contribution in [0, 0.1) is 23.2 Å². The van der Waals surface area contributed by atoms with Crippen LogP contribution in [0.25, 0.3) is 0 Å². The fourth-order valence-corrected chi connectivity index (χ4v) is 7.16. The topological polar surface area (TPSA) is 138 Å². The van der Waals surface area contributed by atoms with Crippen LogP contribution in [-0.2, 0) is 18.9 Å². The van der Waals surface area contributed by atoms with Crippen molar-refractivity contribution >= 4 is 0 Å². The largest absolute Gasteiger partial charge is 0.390 e. The fourth-order valence-electron chi connectivity index (χ4n) is 7.16. The maximum atomic E-state index is 11.9. The molecule has 3 aliphatic carbocycles. The smallest absolute Gasteiger partial charge is 0.187 e. The van der Waals surface area contributed by atoms with E-state index in [2.05, 4.69) is 26.8 Å². The Morgan fingerprint density at radius 2 is 1.73 bits per heavy atom. The van der Waals surface area contributed by atoms with Crippen molar-refractivity contribution in [1.29, 1.82) is 0 Å². The molecule has 37 heavy (non-hydrogen) atoms. The van der Waals surface area contributed by atoms with Crippen molar-refractivity contribution in [3.05, 3.63) is 22.8 Å². The average molecular weight is 527 g/mol. The predicted octanol–water partition coefficient (Wildman–Crippen LogP) is 1.30. The second-order valence-electron chi connectivity index (χ2n) is 12.1. The summed E-state index contributed by atoms with van der Waals surface area (Å²) in [6.45, 7) is 8.54. The molecule has 1 saturated carbocycles. The second kappa shape index (κ2) is 10.9. The number of aliphatic hydroxyl groups excluding tert-OH is 4. The van der Waals surface area contributed by atoms with Gasteiger partial charge < -0.3 is 44.5 Å². The molecule has 0 aromatic carbocycles. The van der Waals surface area contributed by atoms with Crippen LogP contribution in [0.3, 0.4) is 0 Å². The van der Waals surface area contributed by atoms with Crippen molar-refractivity contribution < 1.29 is 44.5 Å². The van der Waals surface area contributed by atoms with Crippen molar-refractivity contribution in [1.82, 2.24) is 0 Å². The Hall–Kier alpha value is -0.880. The molecule has 0 bridgehead atoms. The minimum absolute atomic E-state index is 0.0122. The van der Waals surface area contributed by atoms with E-state index in [0.29, 0.717) is 12.8 Å². The highest BCUT2D eigenvalue weighted by atomic mass is 16.7. The molecular formula is C28H46O9. The minimum atomic E-state index is -1.50. The minimum Gasteiger partial charge on any atom is -0.390 e. The molecule has 212 valence electrons. The Morgan fingerprint density at radius 1 is 1.03 bits per heavy atom. The van der Waals surface area contributed by atoms with Gasteiger partial charge in [0.1, 0.15) is 36.1 Å². The molecule has 0 unspecified atom stereocenters. The molecule has 11 atom stereocenters. The van der Waals surface area contributed by atoms with E-state index in [0.717, 1.165) is 24.0 Å². The molecule has 4 aliphatic rings. The number of allylic oxidation sites excluding steroid dienone is 2. The molecule has 0 spiro atoms. The Balaban J connectivity index is 1.79. The monoisotopic (exact) mass is 526 g/mol. The van der Waals surface area contributed by atoms with Gasteiger partial charge in [0.15, 0.2) is 6.29 Å². The van der Waals surface area contributed by atoms with Gasteiger partial charge in [0.2, 0.25) is 0 Å². The highest BCUT2D eigenvalue weighted by Gasteiger charge is 2.55. The van der Waals surface area contributed by atoms with Crippen LogP contribution in [0.2, 0.25) is 0 Å². The van der Waals surface area contributed by atoms with E-state index in [1.54, 1.807) is 7.11 Å². The summed E-state index contributed by atoms with van der Waals surface area (Å²) < 4.78 is 22.9. The van der Waals surface area contributed by atoms with E-state index < -0.39 is 53.9 Å². The number of rotatable bonds is 7. The fraction of sp³-hybridized carbons (Fsp3) is 0.857. The third-order valence-corrected chi connectivity index (χ3v) is 9.28. The molecule has 2 fully saturated rings. The van der Waals surface area contributed by atoms with Crippen molar-refractivity contribution in [2.45, 2.75) is 102 Å². The zero-order valence-electron chi connectivity index (χ0n) is 23.0. The van der Waals surface area contributed by atoms with Crippen LogP contribution >= 0.6 is 0 Å². The van der Waals surface area contributed by atoms with Gasteiger partial charge in [0.25, 0.3) is 0 Å². The maximum absolute atomic E-state index is 11.9. The average Bonchev–Trinajstić information content (AvgIpc) is 3.34. The van der Waals surface area contributed by atoms with E-state index in [1.807, 2.05) is 6.92 Å². The summed E-state index contributed by atoms with van der Waals surface area (Å²) in [4.78, 5) is 0. The highest BCUT2D eigenvalue weighted by Crippen LogP contribution is 2.56. The quantitative estimate of drug-likeness (QED) is 0.311. The Kier molecular flexibility index (Phi) is 8.61. The lowest BCUT2D eigenvalue weighted by molar-refractivity contribution is -0.316. The normalized spacial score (nSPS) is 46.5. The van der Waals surface area contributed by atoms with Crippen LogP contribution in [0.1, 0.15) is 53.4 Å². The summed E-state index contributed by atoms with van der Waals surface area (Å²) >= 11 is 0. The Morgan fingerprint density at radius 3 is 2.35 bits per heavy atom. The van der Waals surface area contributed by atoms with Gasteiger partial charge in [-0.1, -0.05) is 39.3 Å². The number of hydrogen-bond donors (Lipinski definition) is 5. The van der Waals surface area contributed by atoms with Crippen molar-refractivity contribution in [2.24, 2.45) is 23.2 Å². The van der Waals surface area contributed by atoms with E-state index in [-0.39, 0.29) is 31.0 Å². The number of fused-ring (bicyclic) bond motifs is 2. The summed E-state index contributed by atoms with van der Waals surface area (Å²) in [5.74, 6) is -0.126. The van der Waals surface area contributed by atoms with Crippen LogP contribution < -0.4 is 0 Å². The van der Waals surface area contributed by atoms with Crippen LogP contribution in [0.5, 0.6) is 0 Å².